The lowest BCUT2D eigenvalue weighted by molar-refractivity contribution is -0.152. The van der Waals surface area contributed by atoms with E-state index in [9.17, 15) is 28.8 Å². The third kappa shape index (κ3) is 22.7. The van der Waals surface area contributed by atoms with Gasteiger partial charge in [-0.25, -0.2) is 0 Å². The zero-order valence-electron chi connectivity index (χ0n) is 15.8. The van der Waals surface area contributed by atoms with E-state index >= 15 is 0 Å². The van der Waals surface area contributed by atoms with E-state index in [1.807, 2.05) is 0 Å². The Labute approximate surface area is 169 Å². The molecule has 0 rings (SSSR count). The standard InChI is InChI=1S/C7H12N2O6.C5H10N2O3.C2H5NO2/c8-3(1-5(10)11)7(14)15-2-4(9)6(12)13;6-3(5(9)10)1-2-4(7)8;3-1-2(4)5/h3-4H,1-2,8-9H2,(H,10,11)(H,12,13);3H,1-2,6H2,(H2,7,8)(H,9,10);1,3H2,(H,4,5). The fourth-order valence-corrected chi connectivity index (χ4v) is 1.04. The Hall–Kier alpha value is -3.34. The molecule has 0 aromatic heterocycles. The Bertz CT molecular complexity index is 599. The molecule has 3 unspecified atom stereocenters. The van der Waals surface area contributed by atoms with Crippen molar-refractivity contribution in [3.8, 4) is 0 Å². The van der Waals surface area contributed by atoms with Crippen LogP contribution in [-0.4, -0.2) is 87.5 Å². The van der Waals surface area contributed by atoms with E-state index in [-0.39, 0.29) is 19.4 Å². The number of carbonyl (C=O) groups excluding carboxylic acids is 2. The zero-order valence-corrected chi connectivity index (χ0v) is 15.8. The highest BCUT2D eigenvalue weighted by molar-refractivity contribution is 5.82. The fourth-order valence-electron chi connectivity index (χ4n) is 1.04. The molecule has 0 aromatic rings. The van der Waals surface area contributed by atoms with E-state index in [0.29, 0.717) is 0 Å². The van der Waals surface area contributed by atoms with Crippen LogP contribution in [0.2, 0.25) is 0 Å². The van der Waals surface area contributed by atoms with Crippen molar-refractivity contribution in [2.45, 2.75) is 37.4 Å². The van der Waals surface area contributed by atoms with E-state index in [0.717, 1.165) is 0 Å². The van der Waals surface area contributed by atoms with Gasteiger partial charge in [-0.15, -0.1) is 0 Å². The number of primary amides is 1. The summed E-state index contributed by atoms with van der Waals surface area (Å²) in [5.74, 6) is -6.17. The Morgan fingerprint density at radius 1 is 0.767 bits per heavy atom. The largest absolute Gasteiger partial charge is 0.481 e. The van der Waals surface area contributed by atoms with Gasteiger partial charge in [-0.2, -0.15) is 0 Å². The highest BCUT2D eigenvalue weighted by Gasteiger charge is 2.21. The number of ether oxygens (including phenoxy) is 1. The van der Waals surface area contributed by atoms with Crippen molar-refractivity contribution in [3.63, 3.8) is 0 Å². The van der Waals surface area contributed by atoms with Crippen molar-refractivity contribution in [2.75, 3.05) is 13.2 Å². The van der Waals surface area contributed by atoms with Gasteiger partial charge in [0.2, 0.25) is 5.91 Å². The average molecular weight is 441 g/mol. The van der Waals surface area contributed by atoms with E-state index in [2.05, 4.69) is 10.5 Å². The summed E-state index contributed by atoms with van der Waals surface area (Å²) in [6.45, 7) is -0.818. The van der Waals surface area contributed by atoms with Crippen LogP contribution in [0.5, 0.6) is 0 Å². The number of carbonyl (C=O) groups is 6. The average Bonchev–Trinajstić information content (AvgIpc) is 2.63. The van der Waals surface area contributed by atoms with Gasteiger partial charge in [-0.1, -0.05) is 0 Å². The highest BCUT2D eigenvalue weighted by Crippen LogP contribution is 1.94. The maximum atomic E-state index is 10.9. The van der Waals surface area contributed by atoms with Gasteiger partial charge in [0.15, 0.2) is 0 Å². The Kier molecular flexibility index (Phi) is 18.5. The van der Waals surface area contributed by atoms with Gasteiger partial charge < -0.3 is 53.8 Å². The molecule has 30 heavy (non-hydrogen) atoms. The van der Waals surface area contributed by atoms with Gasteiger partial charge in [-0.05, 0) is 6.42 Å². The van der Waals surface area contributed by atoms with Crippen molar-refractivity contribution >= 4 is 35.8 Å². The maximum Gasteiger partial charge on any atom is 0.324 e. The first-order valence-corrected chi connectivity index (χ1v) is 7.96. The molecule has 3 atom stereocenters. The molecule has 0 bridgehead atoms. The number of esters is 1. The van der Waals surface area contributed by atoms with Crippen LogP contribution in [0.25, 0.3) is 0 Å². The lowest BCUT2D eigenvalue weighted by Gasteiger charge is -2.11. The number of hydrogen-bond acceptors (Lipinski definition) is 11. The van der Waals surface area contributed by atoms with E-state index in [1.165, 1.54) is 0 Å². The number of carboxylic acid groups (broad SMARTS) is 4. The SMILES string of the molecule is NC(=O)CCC(N)C(=O)O.NC(COC(=O)C(N)CC(=O)O)C(=O)O.NCC(=O)O. The Morgan fingerprint density at radius 2 is 1.20 bits per heavy atom. The van der Waals surface area contributed by atoms with Gasteiger partial charge in [-0.3, -0.25) is 28.8 Å². The predicted octanol–water partition coefficient (Wildman–Crippen LogP) is -4.56. The van der Waals surface area contributed by atoms with Crippen LogP contribution >= 0.6 is 0 Å². The minimum absolute atomic E-state index is 0.0213. The molecule has 16 nitrogen and oxygen atoms in total. The first-order chi connectivity index (χ1) is 13.6. The van der Waals surface area contributed by atoms with Crippen molar-refractivity contribution in [1.29, 1.82) is 0 Å². The molecule has 0 spiro atoms. The molecule has 0 aliphatic carbocycles. The molecule has 0 aliphatic heterocycles. The van der Waals surface area contributed by atoms with Gasteiger partial charge in [0.25, 0.3) is 0 Å². The van der Waals surface area contributed by atoms with Crippen molar-refractivity contribution in [1.82, 2.24) is 0 Å². The molecular formula is C14H27N5O11. The van der Waals surface area contributed by atoms with Gasteiger partial charge >= 0.3 is 29.8 Å². The molecule has 14 N–H and O–H groups in total. The van der Waals surface area contributed by atoms with Crippen LogP contribution in [0, 0.1) is 0 Å². The van der Waals surface area contributed by atoms with Crippen LogP contribution < -0.4 is 28.7 Å². The number of carboxylic acids is 4. The molecule has 0 saturated carbocycles. The van der Waals surface area contributed by atoms with E-state index < -0.39 is 66.9 Å². The van der Waals surface area contributed by atoms with Crippen LogP contribution in [0.15, 0.2) is 0 Å². The molecule has 16 heteroatoms. The Balaban J connectivity index is -0.000000417. The third-order valence-corrected chi connectivity index (χ3v) is 2.61. The van der Waals surface area contributed by atoms with Crippen LogP contribution in [0.1, 0.15) is 19.3 Å². The molecule has 1 amide bonds. The summed E-state index contributed by atoms with van der Waals surface area (Å²) in [6.07, 6.45) is -0.459. The summed E-state index contributed by atoms with van der Waals surface area (Å²) in [5, 5.41) is 32.4. The molecule has 0 saturated heterocycles. The first kappa shape index (κ1) is 31.4. The lowest BCUT2D eigenvalue weighted by Crippen LogP contribution is -2.40. The summed E-state index contributed by atoms with van der Waals surface area (Å²) in [5.41, 5.74) is 24.6. The predicted molar refractivity (Wildman–Crippen MR) is 97.5 cm³/mol. The molecule has 0 radical (unpaired) electrons. The molecule has 0 aromatic carbocycles. The quantitative estimate of drug-likeness (QED) is 0.136. The topological polar surface area (TPSA) is 323 Å². The normalized spacial score (nSPS) is 12.4. The van der Waals surface area contributed by atoms with E-state index in [4.69, 9.17) is 43.4 Å². The number of aliphatic carboxylic acids is 4. The van der Waals surface area contributed by atoms with E-state index in [1.54, 1.807) is 0 Å². The summed E-state index contributed by atoms with van der Waals surface area (Å²) < 4.78 is 4.39. The van der Waals surface area contributed by atoms with Gasteiger partial charge in [0, 0.05) is 6.42 Å². The number of hydrogen-bond donors (Lipinski definition) is 9. The van der Waals surface area contributed by atoms with Crippen molar-refractivity contribution in [3.05, 3.63) is 0 Å². The maximum absolute atomic E-state index is 10.9. The zero-order chi connectivity index (χ0) is 24.4. The van der Waals surface area contributed by atoms with Crippen molar-refractivity contribution in [2.24, 2.45) is 28.7 Å². The molecule has 0 heterocycles. The number of amides is 1. The second kappa shape index (κ2) is 17.7. The second-order valence-electron chi connectivity index (χ2n) is 5.33. The first-order valence-electron chi connectivity index (χ1n) is 7.96. The molecule has 0 aliphatic rings. The second-order valence-corrected chi connectivity index (χ2v) is 5.33. The number of nitrogens with two attached hydrogens (primary N) is 5. The minimum atomic E-state index is -1.34. The molecule has 0 fully saturated rings. The van der Waals surface area contributed by atoms with Gasteiger partial charge in [0.05, 0.1) is 13.0 Å². The highest BCUT2D eigenvalue weighted by atomic mass is 16.5. The summed E-state index contributed by atoms with van der Waals surface area (Å²) in [6, 6.07) is -3.64. The fraction of sp³-hybridized carbons (Fsp3) is 0.571. The van der Waals surface area contributed by atoms with Crippen LogP contribution in [0.3, 0.4) is 0 Å². The summed E-state index contributed by atoms with van der Waals surface area (Å²) in [7, 11) is 0. The summed E-state index contributed by atoms with van der Waals surface area (Å²) in [4.78, 5) is 60.7. The van der Waals surface area contributed by atoms with Crippen LogP contribution in [-0.2, 0) is 33.5 Å². The van der Waals surface area contributed by atoms with Gasteiger partial charge in [0.1, 0.15) is 24.7 Å². The molecular weight excluding hydrogens is 414 g/mol. The minimum Gasteiger partial charge on any atom is -0.481 e. The smallest absolute Gasteiger partial charge is 0.324 e. The van der Waals surface area contributed by atoms with Crippen molar-refractivity contribution < 1.29 is 53.9 Å². The van der Waals surface area contributed by atoms with Crippen LogP contribution in [0.4, 0.5) is 0 Å². The third-order valence-electron chi connectivity index (χ3n) is 2.61. The molecule has 174 valence electrons. The Morgan fingerprint density at radius 3 is 1.50 bits per heavy atom. The number of rotatable bonds is 11. The summed E-state index contributed by atoms with van der Waals surface area (Å²) >= 11 is 0. The monoisotopic (exact) mass is 441 g/mol. The lowest BCUT2D eigenvalue weighted by atomic mass is 10.2.